The summed E-state index contributed by atoms with van der Waals surface area (Å²) in [6.07, 6.45) is 0.475. The predicted molar refractivity (Wildman–Crippen MR) is 71.1 cm³/mol. The summed E-state index contributed by atoms with van der Waals surface area (Å²) < 4.78 is 6.36. The van der Waals surface area contributed by atoms with Crippen molar-refractivity contribution in [1.29, 1.82) is 0 Å². The first-order chi connectivity index (χ1) is 8.25. The first-order valence-corrected chi connectivity index (χ1v) is 7.22. The maximum atomic E-state index is 11.7. The summed E-state index contributed by atoms with van der Waals surface area (Å²) in [4.78, 5) is 12.8. The van der Waals surface area contributed by atoms with Crippen molar-refractivity contribution in [3.63, 3.8) is 0 Å². The van der Waals surface area contributed by atoms with E-state index in [1.165, 1.54) is 0 Å². The Hall–Kier alpha value is -0.430. The van der Waals surface area contributed by atoms with Crippen molar-refractivity contribution in [2.45, 2.75) is 19.0 Å². The second kappa shape index (κ2) is 6.49. The van der Waals surface area contributed by atoms with Crippen molar-refractivity contribution in [2.75, 3.05) is 19.8 Å². The van der Waals surface area contributed by atoms with Crippen LogP contribution in [0.25, 0.3) is 0 Å². The van der Waals surface area contributed by atoms with Crippen molar-refractivity contribution < 1.29 is 9.53 Å². The van der Waals surface area contributed by atoms with Gasteiger partial charge in [0.15, 0.2) is 0 Å². The topological polar surface area (TPSA) is 50.4 Å². The summed E-state index contributed by atoms with van der Waals surface area (Å²) in [5.41, 5.74) is 0. The Morgan fingerprint density at radius 3 is 3.24 bits per heavy atom. The first kappa shape index (κ1) is 13.0. The zero-order chi connectivity index (χ0) is 12.1. The molecule has 1 aliphatic heterocycles. The molecule has 4 nitrogen and oxygen atoms in total. The second-order valence-corrected chi connectivity index (χ2v) is 5.75. The van der Waals surface area contributed by atoms with Gasteiger partial charge in [-0.25, -0.2) is 0 Å². The van der Waals surface area contributed by atoms with Crippen molar-refractivity contribution >= 4 is 33.2 Å². The molecule has 2 rings (SSSR count). The normalized spacial score (nSPS) is 20.2. The van der Waals surface area contributed by atoms with E-state index in [-0.39, 0.29) is 11.9 Å². The predicted octanol–water partition coefficient (Wildman–Crippen LogP) is 1.51. The average Bonchev–Trinajstić information content (AvgIpc) is 2.74. The van der Waals surface area contributed by atoms with Gasteiger partial charge < -0.3 is 15.4 Å². The number of morpholine rings is 1. The Kier molecular flexibility index (Phi) is 4.97. The van der Waals surface area contributed by atoms with Gasteiger partial charge in [0.25, 0.3) is 0 Å². The molecule has 1 aromatic rings. The van der Waals surface area contributed by atoms with E-state index in [1.54, 1.807) is 11.3 Å². The molecule has 1 atom stereocenters. The third-order valence-electron chi connectivity index (χ3n) is 2.57. The lowest BCUT2D eigenvalue weighted by molar-refractivity contribution is -0.122. The number of nitrogens with one attached hydrogen (secondary N) is 2. The van der Waals surface area contributed by atoms with Crippen LogP contribution in [0.15, 0.2) is 15.9 Å². The molecule has 2 N–H and O–H groups in total. The molecule has 1 aliphatic rings. The van der Waals surface area contributed by atoms with Crippen LogP contribution in [0.5, 0.6) is 0 Å². The van der Waals surface area contributed by atoms with Gasteiger partial charge >= 0.3 is 0 Å². The van der Waals surface area contributed by atoms with Crippen LogP contribution in [-0.4, -0.2) is 31.7 Å². The molecule has 1 unspecified atom stereocenters. The Morgan fingerprint density at radius 1 is 1.71 bits per heavy atom. The lowest BCUT2D eigenvalue weighted by atomic mass is 10.2. The number of rotatable bonds is 4. The molecule has 1 saturated heterocycles. The van der Waals surface area contributed by atoms with Crippen LogP contribution >= 0.6 is 27.3 Å². The van der Waals surface area contributed by atoms with Gasteiger partial charge in [-0.1, -0.05) is 0 Å². The molecule has 94 valence electrons. The Balaban J connectivity index is 1.72. The van der Waals surface area contributed by atoms with Gasteiger partial charge in [-0.3, -0.25) is 4.79 Å². The molecule has 2 heterocycles. The summed E-state index contributed by atoms with van der Waals surface area (Å²) in [7, 11) is 0. The second-order valence-electron chi connectivity index (χ2n) is 3.90. The van der Waals surface area contributed by atoms with Crippen LogP contribution in [0, 0.1) is 0 Å². The molecule has 6 heteroatoms. The van der Waals surface area contributed by atoms with Gasteiger partial charge in [-0.2, -0.15) is 0 Å². The van der Waals surface area contributed by atoms with Crippen molar-refractivity contribution in [3.8, 4) is 0 Å². The van der Waals surface area contributed by atoms with Gasteiger partial charge in [-0.05, 0) is 27.4 Å². The Labute approximate surface area is 113 Å². The lowest BCUT2D eigenvalue weighted by Crippen LogP contribution is -2.44. The van der Waals surface area contributed by atoms with Crippen LogP contribution in [-0.2, 0) is 16.1 Å². The van der Waals surface area contributed by atoms with Gasteiger partial charge in [-0.15, -0.1) is 11.3 Å². The molecule has 0 radical (unpaired) electrons. The standard InChI is InChI=1S/C11H15BrN2O2S/c12-9-1-4-17-10(9)6-14-11(15)5-8-7-16-3-2-13-8/h1,4,8,13H,2-3,5-7H2,(H,14,15). The molecule has 0 aromatic carbocycles. The quantitative estimate of drug-likeness (QED) is 0.884. The largest absolute Gasteiger partial charge is 0.378 e. The van der Waals surface area contributed by atoms with E-state index in [2.05, 4.69) is 26.6 Å². The number of ether oxygens (including phenoxy) is 1. The van der Waals surface area contributed by atoms with Crippen molar-refractivity contribution in [3.05, 3.63) is 20.8 Å². The fraction of sp³-hybridized carbons (Fsp3) is 0.545. The van der Waals surface area contributed by atoms with Gasteiger partial charge in [0.2, 0.25) is 5.91 Å². The van der Waals surface area contributed by atoms with E-state index >= 15 is 0 Å². The summed E-state index contributed by atoms with van der Waals surface area (Å²) >= 11 is 5.08. The van der Waals surface area contributed by atoms with Crippen LogP contribution in [0.1, 0.15) is 11.3 Å². The van der Waals surface area contributed by atoms with E-state index < -0.39 is 0 Å². The molecular weight excluding hydrogens is 304 g/mol. The third kappa shape index (κ3) is 4.06. The highest BCUT2D eigenvalue weighted by molar-refractivity contribution is 9.10. The molecule has 1 amide bonds. The third-order valence-corrected chi connectivity index (χ3v) is 4.49. The smallest absolute Gasteiger partial charge is 0.221 e. The molecule has 0 bridgehead atoms. The number of hydrogen-bond acceptors (Lipinski definition) is 4. The fourth-order valence-corrected chi connectivity index (χ4v) is 3.11. The van der Waals surface area contributed by atoms with Gasteiger partial charge in [0.05, 0.1) is 19.8 Å². The highest BCUT2D eigenvalue weighted by atomic mass is 79.9. The van der Waals surface area contributed by atoms with E-state index in [9.17, 15) is 4.79 Å². The van der Waals surface area contributed by atoms with Crippen LogP contribution in [0.3, 0.4) is 0 Å². The number of amides is 1. The molecular formula is C11H15BrN2O2S. The Morgan fingerprint density at radius 2 is 2.59 bits per heavy atom. The SMILES string of the molecule is O=C(CC1COCCN1)NCc1sccc1Br. The zero-order valence-corrected chi connectivity index (χ0v) is 11.8. The number of carbonyl (C=O) groups is 1. The molecule has 1 aromatic heterocycles. The maximum absolute atomic E-state index is 11.7. The number of carbonyl (C=O) groups excluding carboxylic acids is 1. The summed E-state index contributed by atoms with van der Waals surface area (Å²) in [6.45, 7) is 2.77. The summed E-state index contributed by atoms with van der Waals surface area (Å²) in [6, 6.07) is 2.14. The molecule has 0 aliphatic carbocycles. The highest BCUT2D eigenvalue weighted by Gasteiger charge is 2.16. The zero-order valence-electron chi connectivity index (χ0n) is 9.37. The Bertz CT molecular complexity index is 377. The minimum atomic E-state index is 0.0632. The minimum Gasteiger partial charge on any atom is -0.378 e. The van der Waals surface area contributed by atoms with Crippen molar-refractivity contribution in [2.24, 2.45) is 0 Å². The van der Waals surface area contributed by atoms with E-state index in [0.717, 1.165) is 22.5 Å². The molecule has 0 spiro atoms. The van der Waals surface area contributed by atoms with Gasteiger partial charge in [0.1, 0.15) is 0 Å². The highest BCUT2D eigenvalue weighted by Crippen LogP contribution is 2.22. The van der Waals surface area contributed by atoms with Crippen LogP contribution in [0.4, 0.5) is 0 Å². The monoisotopic (exact) mass is 318 g/mol. The summed E-state index contributed by atoms with van der Waals surface area (Å²) in [5, 5.41) is 8.18. The number of thiophene rings is 1. The van der Waals surface area contributed by atoms with E-state index in [1.807, 2.05) is 11.4 Å². The number of hydrogen-bond donors (Lipinski definition) is 2. The molecule has 17 heavy (non-hydrogen) atoms. The summed E-state index contributed by atoms with van der Waals surface area (Å²) in [5.74, 6) is 0.0632. The minimum absolute atomic E-state index is 0.0632. The first-order valence-electron chi connectivity index (χ1n) is 5.55. The van der Waals surface area contributed by atoms with E-state index in [0.29, 0.717) is 19.6 Å². The average molecular weight is 319 g/mol. The fourth-order valence-electron chi connectivity index (χ4n) is 1.68. The lowest BCUT2D eigenvalue weighted by Gasteiger charge is -2.23. The van der Waals surface area contributed by atoms with Gasteiger partial charge in [0, 0.05) is 28.4 Å². The van der Waals surface area contributed by atoms with Crippen LogP contribution < -0.4 is 10.6 Å². The van der Waals surface area contributed by atoms with Crippen molar-refractivity contribution in [1.82, 2.24) is 10.6 Å². The maximum Gasteiger partial charge on any atom is 0.221 e. The van der Waals surface area contributed by atoms with Crippen LogP contribution in [0.2, 0.25) is 0 Å². The molecule has 0 saturated carbocycles. The molecule has 1 fully saturated rings. The van der Waals surface area contributed by atoms with E-state index in [4.69, 9.17) is 4.74 Å². The number of halogens is 1.